The van der Waals surface area contributed by atoms with Crippen LogP contribution in [0.5, 0.6) is 0 Å². The number of hydrogen-bond donors (Lipinski definition) is 0. The topological polar surface area (TPSA) is 26.3 Å². The fourth-order valence-electron chi connectivity index (χ4n) is 0.246. The Hall–Kier alpha value is 0.579. The van der Waals surface area contributed by atoms with E-state index in [1.807, 2.05) is 0 Å². The summed E-state index contributed by atoms with van der Waals surface area (Å²) < 4.78 is 14.0. The molecular weight excluding hydrogens is 167 g/mol. The molecule has 0 fully saturated rings. The van der Waals surface area contributed by atoms with Gasteiger partial charge in [0, 0.05) is 17.1 Å². The second-order valence-corrected chi connectivity index (χ2v) is 1.67. The molecule has 0 rings (SSSR count). The SMILES string of the molecule is CCCCOP=O.[Fe]. The first-order valence-electron chi connectivity index (χ1n) is 2.36. The minimum absolute atomic E-state index is 0. The van der Waals surface area contributed by atoms with Crippen LogP contribution in [0.15, 0.2) is 0 Å². The predicted molar refractivity (Wildman–Crippen MR) is 28.5 cm³/mol. The summed E-state index contributed by atoms with van der Waals surface area (Å²) in [4.78, 5) is 0. The summed E-state index contributed by atoms with van der Waals surface area (Å²) in [5.41, 5.74) is 0. The molecule has 0 N–H and O–H groups in total. The molecule has 0 radical (unpaired) electrons. The molecule has 0 aliphatic carbocycles. The monoisotopic (exact) mass is 176 g/mol. The van der Waals surface area contributed by atoms with Crippen molar-refractivity contribution in [1.82, 2.24) is 0 Å². The first kappa shape index (κ1) is 11.4. The Morgan fingerprint density at radius 3 is 2.62 bits per heavy atom. The molecule has 2 nitrogen and oxygen atoms in total. The molecule has 0 aliphatic heterocycles. The summed E-state index contributed by atoms with van der Waals surface area (Å²) in [6, 6.07) is 0. The van der Waals surface area contributed by atoms with Crippen molar-refractivity contribution in [2.24, 2.45) is 0 Å². The van der Waals surface area contributed by atoms with Crippen molar-refractivity contribution in [2.45, 2.75) is 19.8 Å². The van der Waals surface area contributed by atoms with Gasteiger partial charge >= 0.3 is 8.69 Å². The molecule has 0 atom stereocenters. The Morgan fingerprint density at radius 2 is 2.25 bits per heavy atom. The van der Waals surface area contributed by atoms with Crippen LogP contribution in [0.2, 0.25) is 0 Å². The summed E-state index contributed by atoms with van der Waals surface area (Å²) in [6.07, 6.45) is 2.09. The van der Waals surface area contributed by atoms with Crippen molar-refractivity contribution in [1.29, 1.82) is 0 Å². The molecular formula is C4H9FeO2P. The van der Waals surface area contributed by atoms with Crippen molar-refractivity contribution in [3.63, 3.8) is 0 Å². The molecule has 50 valence electrons. The van der Waals surface area contributed by atoms with Crippen LogP contribution in [0.1, 0.15) is 19.8 Å². The van der Waals surface area contributed by atoms with E-state index in [0.29, 0.717) is 6.61 Å². The normalized spacial score (nSPS) is 8.62. The van der Waals surface area contributed by atoms with Crippen LogP contribution >= 0.6 is 8.69 Å². The van der Waals surface area contributed by atoms with E-state index in [1.54, 1.807) is 0 Å². The summed E-state index contributed by atoms with van der Waals surface area (Å²) in [5, 5.41) is 0. The third kappa shape index (κ3) is 9.77. The van der Waals surface area contributed by atoms with Crippen molar-refractivity contribution in [3.05, 3.63) is 0 Å². The molecule has 0 spiro atoms. The Labute approximate surface area is 61.7 Å². The van der Waals surface area contributed by atoms with Gasteiger partial charge in [0.05, 0.1) is 6.61 Å². The molecule has 0 saturated heterocycles. The number of unbranched alkanes of at least 4 members (excludes halogenated alkanes) is 1. The van der Waals surface area contributed by atoms with Gasteiger partial charge in [-0.15, -0.1) is 0 Å². The quantitative estimate of drug-likeness (QED) is 0.372. The fourth-order valence-corrected chi connectivity index (χ4v) is 0.450. The Balaban J connectivity index is 0. The smallest absolute Gasteiger partial charge is 0.294 e. The first-order valence-corrected chi connectivity index (χ1v) is 3.09. The zero-order chi connectivity index (χ0) is 5.54. The van der Waals surface area contributed by atoms with Crippen molar-refractivity contribution in [2.75, 3.05) is 6.61 Å². The van der Waals surface area contributed by atoms with E-state index < -0.39 is 0 Å². The van der Waals surface area contributed by atoms with Gasteiger partial charge in [0.25, 0.3) is 0 Å². The van der Waals surface area contributed by atoms with Gasteiger partial charge < -0.3 is 0 Å². The molecule has 0 heterocycles. The van der Waals surface area contributed by atoms with E-state index in [9.17, 15) is 4.57 Å². The van der Waals surface area contributed by atoms with Gasteiger partial charge in [0.2, 0.25) is 0 Å². The minimum Gasteiger partial charge on any atom is -0.294 e. The average Bonchev–Trinajstić information content (AvgIpc) is 1.69. The van der Waals surface area contributed by atoms with Gasteiger partial charge in [-0.3, -0.25) is 4.52 Å². The van der Waals surface area contributed by atoms with E-state index >= 15 is 0 Å². The van der Waals surface area contributed by atoms with E-state index in [-0.39, 0.29) is 25.8 Å². The Morgan fingerprint density at radius 1 is 1.62 bits per heavy atom. The second-order valence-electron chi connectivity index (χ2n) is 1.26. The molecule has 0 aromatic heterocycles. The van der Waals surface area contributed by atoms with Gasteiger partial charge in [0.15, 0.2) is 0 Å². The van der Waals surface area contributed by atoms with Crippen molar-refractivity contribution >= 4 is 8.69 Å². The van der Waals surface area contributed by atoms with E-state index in [1.165, 1.54) is 0 Å². The van der Waals surface area contributed by atoms with Crippen LogP contribution in [0.4, 0.5) is 0 Å². The molecule has 8 heavy (non-hydrogen) atoms. The molecule has 0 aromatic rings. The van der Waals surface area contributed by atoms with Crippen LogP contribution in [-0.4, -0.2) is 6.61 Å². The van der Waals surface area contributed by atoms with E-state index in [0.717, 1.165) is 12.8 Å². The average molecular weight is 176 g/mol. The van der Waals surface area contributed by atoms with Gasteiger partial charge in [-0.1, -0.05) is 13.3 Å². The van der Waals surface area contributed by atoms with Crippen molar-refractivity contribution < 1.29 is 26.2 Å². The van der Waals surface area contributed by atoms with Gasteiger partial charge in [-0.25, -0.2) is 4.57 Å². The van der Waals surface area contributed by atoms with E-state index in [4.69, 9.17) is 0 Å². The molecule has 0 unspecified atom stereocenters. The first-order chi connectivity index (χ1) is 3.41. The predicted octanol–water partition coefficient (Wildman–Crippen LogP) is 2.01. The Kier molecular flexibility index (Phi) is 15.0. The third-order valence-electron chi connectivity index (χ3n) is 0.642. The largest absolute Gasteiger partial charge is 0.327 e. The fraction of sp³-hybridized carbons (Fsp3) is 1.00. The van der Waals surface area contributed by atoms with Gasteiger partial charge in [-0.05, 0) is 6.42 Å². The standard InChI is InChI=1S/C4H9O2P.Fe/c1-2-3-4-6-7-5;/h2-4H2,1H3;. The van der Waals surface area contributed by atoms with Crippen LogP contribution in [0.3, 0.4) is 0 Å². The molecule has 4 heteroatoms. The zero-order valence-corrected chi connectivity index (χ0v) is 6.74. The van der Waals surface area contributed by atoms with E-state index in [2.05, 4.69) is 11.4 Å². The van der Waals surface area contributed by atoms with Crippen LogP contribution in [-0.2, 0) is 26.2 Å². The number of rotatable bonds is 4. The summed E-state index contributed by atoms with van der Waals surface area (Å²) in [5.74, 6) is 0. The molecule has 0 aromatic carbocycles. The maximum Gasteiger partial charge on any atom is 0.327 e. The zero-order valence-electron chi connectivity index (χ0n) is 4.74. The van der Waals surface area contributed by atoms with Gasteiger partial charge in [-0.2, -0.15) is 0 Å². The molecule has 0 amide bonds. The number of hydrogen-bond acceptors (Lipinski definition) is 2. The van der Waals surface area contributed by atoms with Crippen LogP contribution < -0.4 is 0 Å². The third-order valence-corrected chi connectivity index (χ3v) is 0.930. The van der Waals surface area contributed by atoms with Crippen molar-refractivity contribution in [3.8, 4) is 0 Å². The van der Waals surface area contributed by atoms with Crippen LogP contribution in [0.25, 0.3) is 0 Å². The molecule has 0 aliphatic rings. The summed E-state index contributed by atoms with van der Waals surface area (Å²) in [6.45, 7) is 2.67. The summed E-state index contributed by atoms with van der Waals surface area (Å²) >= 11 is 0. The summed E-state index contributed by atoms with van der Waals surface area (Å²) in [7, 11) is -0.195. The minimum atomic E-state index is -0.195. The molecule has 0 bridgehead atoms. The van der Waals surface area contributed by atoms with Crippen LogP contribution in [0, 0.1) is 0 Å². The molecule has 0 saturated carbocycles. The second kappa shape index (κ2) is 10.5. The van der Waals surface area contributed by atoms with Gasteiger partial charge in [0.1, 0.15) is 0 Å². The Bertz CT molecular complexity index is 51.3. The maximum absolute atomic E-state index is 9.55. The maximum atomic E-state index is 9.55.